The Bertz CT molecular complexity index is 1460. The molecule has 1 aromatic carbocycles. The number of hydrogen-bond donors (Lipinski definition) is 1. The summed E-state index contributed by atoms with van der Waals surface area (Å²) in [5.74, 6) is -2.11. The first-order valence-corrected chi connectivity index (χ1v) is 10.7. The number of nitro groups is 1. The predicted octanol–water partition coefficient (Wildman–Crippen LogP) is 3.63. The standard InChI is InChI=1S/C22H15N5O5S/c1-12-17(25-10-3-2-4-15(25)24-12)19(28)16-18(13-5-7-14(8-6-13)27(31)32)26(21(30)20(16)29)22-23-9-11-33-22/h2-11,18,28H,1H3. The van der Waals surface area contributed by atoms with Gasteiger partial charge in [0.05, 0.1) is 22.2 Å². The van der Waals surface area contributed by atoms with Crippen LogP contribution >= 0.6 is 11.3 Å². The lowest BCUT2D eigenvalue weighted by Gasteiger charge is -2.22. The van der Waals surface area contributed by atoms with Gasteiger partial charge in [-0.1, -0.05) is 6.07 Å². The topological polar surface area (TPSA) is 131 Å². The molecular weight excluding hydrogens is 446 g/mol. The highest BCUT2D eigenvalue weighted by atomic mass is 32.1. The second-order valence-corrected chi connectivity index (χ2v) is 8.18. The smallest absolute Gasteiger partial charge is 0.301 e. The van der Waals surface area contributed by atoms with Gasteiger partial charge in [-0.15, -0.1) is 11.3 Å². The van der Waals surface area contributed by atoms with Crippen LogP contribution in [0, 0.1) is 17.0 Å². The quantitative estimate of drug-likeness (QED) is 0.161. The van der Waals surface area contributed by atoms with E-state index >= 15 is 0 Å². The summed E-state index contributed by atoms with van der Waals surface area (Å²) in [6, 6.07) is 9.79. The number of thiazole rings is 1. The number of aromatic nitrogens is 3. The lowest BCUT2D eigenvalue weighted by atomic mass is 9.96. The van der Waals surface area contributed by atoms with Crippen LogP contribution in [0.15, 0.2) is 65.8 Å². The van der Waals surface area contributed by atoms with Crippen LogP contribution < -0.4 is 4.90 Å². The Balaban J connectivity index is 1.76. The summed E-state index contributed by atoms with van der Waals surface area (Å²) in [5, 5.41) is 24.4. The number of fused-ring (bicyclic) bond motifs is 1. The van der Waals surface area contributed by atoms with Crippen LogP contribution in [0.3, 0.4) is 0 Å². The fourth-order valence-electron chi connectivity index (χ4n) is 3.98. The molecule has 0 saturated carbocycles. The molecule has 1 atom stereocenters. The summed E-state index contributed by atoms with van der Waals surface area (Å²) < 4.78 is 1.63. The molecule has 3 aromatic heterocycles. The Kier molecular flexibility index (Phi) is 4.75. The number of carbonyl (C=O) groups excluding carboxylic acids is 2. The van der Waals surface area contributed by atoms with E-state index in [2.05, 4.69) is 9.97 Å². The summed E-state index contributed by atoms with van der Waals surface area (Å²) in [6.45, 7) is 1.69. The van der Waals surface area contributed by atoms with Crippen molar-refractivity contribution in [2.75, 3.05) is 4.90 Å². The number of non-ortho nitro benzene ring substituents is 1. The number of anilines is 1. The van der Waals surface area contributed by atoms with Crippen LogP contribution in [0.1, 0.15) is 23.0 Å². The molecule has 1 aliphatic heterocycles. The number of rotatable bonds is 4. The molecular formula is C22H15N5O5S. The highest BCUT2D eigenvalue weighted by molar-refractivity contribution is 7.14. The van der Waals surface area contributed by atoms with Crippen molar-refractivity contribution >= 4 is 45.3 Å². The van der Waals surface area contributed by atoms with Crippen molar-refractivity contribution < 1.29 is 19.6 Å². The van der Waals surface area contributed by atoms with Gasteiger partial charge in [-0.2, -0.15) is 0 Å². The molecule has 4 aromatic rings. The Labute approximate surface area is 190 Å². The zero-order chi connectivity index (χ0) is 23.3. The average Bonchev–Trinajstić information content (AvgIpc) is 3.50. The highest BCUT2D eigenvalue weighted by Crippen LogP contribution is 2.43. The van der Waals surface area contributed by atoms with Gasteiger partial charge < -0.3 is 5.11 Å². The SMILES string of the molecule is Cc1nc2ccccn2c1C(O)=C1C(=O)C(=O)N(c2nccs2)C1c1ccc([N+](=O)[O-])cc1. The molecule has 0 radical (unpaired) electrons. The van der Waals surface area contributed by atoms with Crippen molar-refractivity contribution in [2.45, 2.75) is 13.0 Å². The first-order chi connectivity index (χ1) is 15.9. The number of hydrogen-bond acceptors (Lipinski definition) is 8. The van der Waals surface area contributed by atoms with Crippen LogP contribution in [0.25, 0.3) is 11.4 Å². The fraction of sp³-hybridized carbons (Fsp3) is 0.0909. The van der Waals surface area contributed by atoms with E-state index in [0.29, 0.717) is 16.9 Å². The van der Waals surface area contributed by atoms with Crippen LogP contribution in [-0.4, -0.2) is 36.1 Å². The van der Waals surface area contributed by atoms with Crippen molar-refractivity contribution in [2.24, 2.45) is 0 Å². The largest absolute Gasteiger partial charge is 0.505 e. The second kappa shape index (κ2) is 7.64. The lowest BCUT2D eigenvalue weighted by molar-refractivity contribution is -0.384. The Morgan fingerprint density at radius 1 is 1.18 bits per heavy atom. The Hall–Kier alpha value is -4.38. The first-order valence-electron chi connectivity index (χ1n) is 9.77. The van der Waals surface area contributed by atoms with E-state index in [1.165, 1.54) is 35.4 Å². The lowest BCUT2D eigenvalue weighted by Crippen LogP contribution is -2.29. The monoisotopic (exact) mass is 461 g/mol. The average molecular weight is 461 g/mol. The predicted molar refractivity (Wildman–Crippen MR) is 120 cm³/mol. The molecule has 10 nitrogen and oxygen atoms in total. The van der Waals surface area contributed by atoms with E-state index in [1.807, 2.05) is 0 Å². The molecule has 0 bridgehead atoms. The zero-order valence-electron chi connectivity index (χ0n) is 17.1. The third kappa shape index (κ3) is 3.17. The first kappa shape index (κ1) is 20.5. The van der Waals surface area contributed by atoms with Gasteiger partial charge in [0.15, 0.2) is 10.9 Å². The van der Waals surface area contributed by atoms with Gasteiger partial charge in [-0.3, -0.25) is 29.0 Å². The maximum Gasteiger partial charge on any atom is 0.301 e. The number of amides is 1. The summed E-state index contributed by atoms with van der Waals surface area (Å²) in [7, 11) is 0. The number of nitro benzene ring substituents is 1. The third-order valence-corrected chi connectivity index (χ3v) is 6.19. The molecule has 33 heavy (non-hydrogen) atoms. The zero-order valence-corrected chi connectivity index (χ0v) is 17.9. The van der Waals surface area contributed by atoms with Crippen molar-refractivity contribution in [1.82, 2.24) is 14.4 Å². The van der Waals surface area contributed by atoms with Gasteiger partial charge in [-0.25, -0.2) is 9.97 Å². The van der Waals surface area contributed by atoms with Crippen LogP contribution in [-0.2, 0) is 9.59 Å². The Morgan fingerprint density at radius 2 is 1.94 bits per heavy atom. The van der Waals surface area contributed by atoms with Gasteiger partial charge in [-0.05, 0) is 36.8 Å². The molecule has 11 heteroatoms. The summed E-state index contributed by atoms with van der Waals surface area (Å²) in [4.78, 5) is 46.6. The van der Waals surface area contributed by atoms with Gasteiger partial charge in [0.1, 0.15) is 11.3 Å². The van der Waals surface area contributed by atoms with Crippen molar-refractivity contribution in [3.63, 3.8) is 0 Å². The molecule has 1 fully saturated rings. The number of pyridine rings is 1. The minimum Gasteiger partial charge on any atom is -0.505 e. The highest BCUT2D eigenvalue weighted by Gasteiger charge is 2.48. The molecule has 4 heterocycles. The second-order valence-electron chi connectivity index (χ2n) is 7.31. The van der Waals surface area contributed by atoms with E-state index < -0.39 is 22.7 Å². The number of imidazole rings is 1. The van der Waals surface area contributed by atoms with Crippen LogP contribution in [0.2, 0.25) is 0 Å². The fourth-order valence-corrected chi connectivity index (χ4v) is 4.65. The van der Waals surface area contributed by atoms with Crippen molar-refractivity contribution in [3.05, 3.63) is 92.9 Å². The molecule has 1 N–H and O–H groups in total. The number of carbonyl (C=O) groups is 2. The minimum atomic E-state index is -1.02. The number of aliphatic hydroxyl groups is 1. The Morgan fingerprint density at radius 3 is 2.61 bits per heavy atom. The molecule has 0 spiro atoms. The summed E-state index contributed by atoms with van der Waals surface area (Å²) in [5.41, 5.74) is 1.47. The van der Waals surface area contributed by atoms with Gasteiger partial charge in [0, 0.05) is 29.9 Å². The van der Waals surface area contributed by atoms with Crippen LogP contribution in [0.5, 0.6) is 0 Å². The molecule has 1 saturated heterocycles. The summed E-state index contributed by atoms with van der Waals surface area (Å²) in [6.07, 6.45) is 3.20. The molecule has 164 valence electrons. The molecule has 1 amide bonds. The van der Waals surface area contributed by atoms with Crippen molar-refractivity contribution in [1.29, 1.82) is 0 Å². The normalized spacial score (nSPS) is 17.7. The minimum absolute atomic E-state index is 0.137. The van der Waals surface area contributed by atoms with E-state index in [9.17, 15) is 24.8 Å². The van der Waals surface area contributed by atoms with E-state index in [4.69, 9.17) is 0 Å². The van der Waals surface area contributed by atoms with E-state index in [-0.39, 0.29) is 27.8 Å². The maximum atomic E-state index is 13.2. The number of ketones is 1. The van der Waals surface area contributed by atoms with E-state index in [0.717, 1.165) is 11.3 Å². The number of aliphatic hydroxyl groups excluding tert-OH is 1. The molecule has 0 aliphatic carbocycles. The summed E-state index contributed by atoms with van der Waals surface area (Å²) >= 11 is 1.16. The van der Waals surface area contributed by atoms with Gasteiger partial charge in [0.2, 0.25) is 0 Å². The third-order valence-electron chi connectivity index (χ3n) is 5.42. The number of Topliss-reactive ketones (excluding diaryl/α,β-unsaturated/α-hetero) is 1. The molecule has 5 rings (SSSR count). The molecule has 1 aliphatic rings. The van der Waals surface area contributed by atoms with E-state index in [1.54, 1.807) is 41.1 Å². The van der Waals surface area contributed by atoms with Crippen molar-refractivity contribution in [3.8, 4) is 0 Å². The van der Waals surface area contributed by atoms with Gasteiger partial charge >= 0.3 is 5.91 Å². The molecule has 1 unspecified atom stereocenters. The number of benzene rings is 1. The maximum absolute atomic E-state index is 13.2. The van der Waals surface area contributed by atoms with Gasteiger partial charge in [0.25, 0.3) is 11.5 Å². The number of nitrogens with zero attached hydrogens (tertiary/aromatic N) is 5. The van der Waals surface area contributed by atoms with Crippen LogP contribution in [0.4, 0.5) is 10.8 Å². The number of aryl methyl sites for hydroxylation is 1.